The summed E-state index contributed by atoms with van der Waals surface area (Å²) in [6.07, 6.45) is 0. The van der Waals surface area contributed by atoms with Crippen molar-refractivity contribution in [2.24, 2.45) is 0 Å². The van der Waals surface area contributed by atoms with Crippen molar-refractivity contribution in [1.29, 1.82) is 0 Å². The van der Waals surface area contributed by atoms with E-state index < -0.39 is 17.8 Å². The summed E-state index contributed by atoms with van der Waals surface area (Å²) in [6, 6.07) is 0. The van der Waals surface area contributed by atoms with Crippen LogP contribution in [0.2, 0.25) is 0 Å². The molecule has 0 amide bonds. The molecule has 6 heteroatoms. The Morgan fingerprint density at radius 2 is 1.40 bits per heavy atom. The van der Waals surface area contributed by atoms with Crippen LogP contribution in [0.5, 0.6) is 0 Å². The summed E-state index contributed by atoms with van der Waals surface area (Å²) >= 11 is -3.34. The molecule has 0 bridgehead atoms. The first-order chi connectivity index (χ1) is 7.10. The van der Waals surface area contributed by atoms with Gasteiger partial charge in [-0.3, -0.25) is 0 Å². The third kappa shape index (κ3) is 6.27. The molecule has 0 aliphatic rings. The van der Waals surface area contributed by atoms with Crippen LogP contribution < -0.4 is 0 Å². The first kappa shape index (κ1) is 15.1. The second-order valence-electron chi connectivity index (χ2n) is 2.76. The molecule has 15 heavy (non-hydrogen) atoms. The van der Waals surface area contributed by atoms with Crippen molar-refractivity contribution in [2.45, 2.75) is 27.7 Å². The van der Waals surface area contributed by atoms with Crippen LogP contribution in [0.15, 0.2) is 0 Å². The molecular weight excluding hydrogens is 236 g/mol. The zero-order valence-electron chi connectivity index (χ0n) is 9.87. The summed E-state index contributed by atoms with van der Waals surface area (Å²) in [5, 5.41) is 0. The quantitative estimate of drug-likeness (QED) is 0.486. The Morgan fingerprint density at radius 3 is 1.67 bits per heavy atom. The zero-order valence-corrected chi connectivity index (χ0v) is 11.4. The molecule has 0 atom stereocenters. The van der Waals surface area contributed by atoms with Crippen LogP contribution in [0, 0.1) is 0 Å². The fourth-order valence-electron chi connectivity index (χ4n) is 1.10. The molecule has 0 unspecified atom stereocenters. The minimum absolute atomic E-state index is 0.130. The van der Waals surface area contributed by atoms with Gasteiger partial charge in [0.1, 0.15) is 0 Å². The van der Waals surface area contributed by atoms with Crippen molar-refractivity contribution in [1.82, 2.24) is 0 Å². The number of hydrogen-bond donors (Lipinski definition) is 0. The van der Waals surface area contributed by atoms with Gasteiger partial charge in [-0.15, -0.1) is 0 Å². The summed E-state index contributed by atoms with van der Waals surface area (Å²) < 4.78 is 21.5. The van der Waals surface area contributed by atoms with Gasteiger partial charge in [-0.25, -0.2) is 0 Å². The van der Waals surface area contributed by atoms with E-state index in [2.05, 4.69) is 0 Å². The Hall–Kier alpha value is 0.0643. The van der Waals surface area contributed by atoms with Gasteiger partial charge in [-0.2, -0.15) is 0 Å². The molecule has 0 heterocycles. The summed E-state index contributed by atoms with van der Waals surface area (Å²) in [4.78, 5) is 10.9. The Bertz CT molecular complexity index is 168. The molecule has 0 N–H and O–H groups in total. The molecule has 0 rings (SSSR count). The first-order valence-corrected chi connectivity index (χ1v) is 8.17. The molecule has 0 saturated heterocycles. The van der Waals surface area contributed by atoms with E-state index in [4.69, 9.17) is 14.7 Å². The van der Waals surface area contributed by atoms with Gasteiger partial charge in [0, 0.05) is 0 Å². The van der Waals surface area contributed by atoms with Crippen LogP contribution >= 0.6 is 0 Å². The van der Waals surface area contributed by atoms with Gasteiger partial charge in [0.05, 0.1) is 0 Å². The second kappa shape index (κ2) is 8.24. The number of esters is 1. The molecule has 0 aromatic rings. The molecule has 5 nitrogen and oxygen atoms in total. The topological polar surface area (TPSA) is 54.0 Å². The minimum atomic E-state index is -3.34. The van der Waals surface area contributed by atoms with Gasteiger partial charge in [0.2, 0.25) is 0 Å². The molecule has 0 aliphatic carbocycles. The fraction of sp³-hybridized carbons (Fsp3) is 0.889. The third-order valence-electron chi connectivity index (χ3n) is 1.54. The molecule has 0 spiro atoms. The van der Waals surface area contributed by atoms with E-state index in [0.717, 1.165) is 0 Å². The van der Waals surface area contributed by atoms with Gasteiger partial charge in [-0.1, -0.05) is 0 Å². The summed E-state index contributed by atoms with van der Waals surface area (Å²) in [5.74, 6) is -0.343. The number of ether oxygens (including phenoxy) is 1. The van der Waals surface area contributed by atoms with Gasteiger partial charge < -0.3 is 0 Å². The third-order valence-corrected chi connectivity index (χ3v) is 5.74. The van der Waals surface area contributed by atoms with Gasteiger partial charge in [-0.05, 0) is 0 Å². The van der Waals surface area contributed by atoms with E-state index in [-0.39, 0.29) is 10.9 Å². The van der Waals surface area contributed by atoms with Crippen LogP contribution in [0.1, 0.15) is 27.7 Å². The number of carbonyl (C=O) groups is 1. The van der Waals surface area contributed by atoms with E-state index in [1.165, 1.54) is 6.92 Å². The van der Waals surface area contributed by atoms with Gasteiger partial charge in [0.25, 0.3) is 0 Å². The van der Waals surface area contributed by atoms with Crippen molar-refractivity contribution in [2.75, 3.05) is 24.7 Å². The molecule has 0 fully saturated rings. The summed E-state index contributed by atoms with van der Waals surface area (Å²) in [6.45, 7) is 8.46. The summed E-state index contributed by atoms with van der Waals surface area (Å²) in [7, 11) is 0. The monoisotopic (exact) mass is 256 g/mol. The number of rotatable bonds is 8. The average Bonchev–Trinajstić information content (AvgIpc) is 2.16. The molecule has 0 aromatic carbocycles. The Morgan fingerprint density at radius 1 is 1.00 bits per heavy atom. The predicted molar refractivity (Wildman–Crippen MR) is 51.5 cm³/mol. The Balaban J connectivity index is 4.37. The van der Waals surface area contributed by atoms with Crippen molar-refractivity contribution in [3.05, 3.63) is 0 Å². The maximum absolute atomic E-state index is 10.7. The maximum atomic E-state index is 10.7. The first-order valence-electron chi connectivity index (χ1n) is 5.15. The normalized spacial score (nSPS) is 11.5. The van der Waals surface area contributed by atoms with Crippen LogP contribution in [-0.2, 0) is 37.2 Å². The number of carbonyl (C=O) groups excluding carboxylic acids is 1. The molecule has 90 valence electrons. The van der Waals surface area contributed by atoms with Gasteiger partial charge >= 0.3 is 95.6 Å². The van der Waals surface area contributed by atoms with Crippen LogP contribution in [0.4, 0.5) is 0 Å². The van der Waals surface area contributed by atoms with E-state index >= 15 is 0 Å². The summed E-state index contributed by atoms with van der Waals surface area (Å²) in [5.41, 5.74) is 0. The zero-order chi connectivity index (χ0) is 11.7. The Labute approximate surface area is 95.8 Å². The van der Waals surface area contributed by atoms with E-state index in [0.29, 0.717) is 19.8 Å². The van der Waals surface area contributed by atoms with E-state index in [1.807, 2.05) is 20.8 Å². The standard InChI is InChI=1S/C3H5O2.3C2H5O.Ti/c1-3(4)5-2;3*1-2-3;/h2H2,1H3;3*2H2,1H3;/q;3*-1;+3. The van der Waals surface area contributed by atoms with Crippen LogP contribution in [0.25, 0.3) is 0 Å². The Kier molecular flexibility index (Phi) is 8.28. The van der Waals surface area contributed by atoms with E-state index in [9.17, 15) is 4.79 Å². The molecular formula is C9H20O5Ti. The SMILES string of the molecule is CC[O][Ti]([CH2]OC(C)=O)([O]CC)[O]CC. The van der Waals surface area contributed by atoms with Crippen molar-refractivity contribution >= 4 is 5.97 Å². The average molecular weight is 256 g/mol. The molecule has 0 aliphatic heterocycles. The van der Waals surface area contributed by atoms with Crippen molar-refractivity contribution in [3.63, 3.8) is 0 Å². The number of hydrogen-bond acceptors (Lipinski definition) is 5. The fourth-order valence-corrected chi connectivity index (χ4v) is 4.53. The molecule has 0 saturated carbocycles. The molecule has 0 radical (unpaired) electrons. The van der Waals surface area contributed by atoms with Crippen molar-refractivity contribution < 1.29 is 37.2 Å². The molecule has 0 aromatic heterocycles. The van der Waals surface area contributed by atoms with Gasteiger partial charge in [0.15, 0.2) is 0 Å². The second-order valence-corrected chi connectivity index (χ2v) is 6.70. The predicted octanol–water partition coefficient (Wildman–Crippen LogP) is 1.52. The van der Waals surface area contributed by atoms with Crippen molar-refractivity contribution in [3.8, 4) is 0 Å². The van der Waals surface area contributed by atoms with Crippen LogP contribution in [-0.4, -0.2) is 30.7 Å². The van der Waals surface area contributed by atoms with Crippen LogP contribution in [0.3, 0.4) is 0 Å². The van der Waals surface area contributed by atoms with E-state index in [1.54, 1.807) is 0 Å².